The van der Waals surface area contributed by atoms with Gasteiger partial charge in [-0.15, -0.1) is 0 Å². The van der Waals surface area contributed by atoms with E-state index in [0.717, 1.165) is 19.4 Å². The summed E-state index contributed by atoms with van der Waals surface area (Å²) in [7, 11) is 0. The second-order valence-electron chi connectivity index (χ2n) is 4.26. The van der Waals surface area contributed by atoms with E-state index in [1.165, 1.54) is 12.1 Å². The Bertz CT molecular complexity index is 374. The molecular formula is C12H16F2N2. The highest BCUT2D eigenvalue weighted by Crippen LogP contribution is 2.19. The van der Waals surface area contributed by atoms with Gasteiger partial charge in [0.1, 0.15) is 11.6 Å². The fraction of sp³-hybridized carbons (Fsp3) is 0.500. The minimum absolute atomic E-state index is 0.247. The molecule has 1 heterocycles. The molecule has 0 spiro atoms. The first-order valence-electron chi connectivity index (χ1n) is 5.59. The molecule has 0 radical (unpaired) electrons. The van der Waals surface area contributed by atoms with E-state index < -0.39 is 5.82 Å². The van der Waals surface area contributed by atoms with Crippen LogP contribution in [0.4, 0.5) is 14.5 Å². The summed E-state index contributed by atoms with van der Waals surface area (Å²) in [4.78, 5) is 0. The summed E-state index contributed by atoms with van der Waals surface area (Å²) in [6, 6.07) is 2.81. The molecule has 0 amide bonds. The monoisotopic (exact) mass is 226 g/mol. The number of hydrogen-bond donors (Lipinski definition) is 2. The molecule has 1 aromatic rings. The molecule has 1 aliphatic rings. The van der Waals surface area contributed by atoms with Crippen LogP contribution in [-0.4, -0.2) is 19.1 Å². The normalized spacial score (nSPS) is 20.1. The van der Waals surface area contributed by atoms with Crippen molar-refractivity contribution in [2.75, 3.05) is 18.4 Å². The summed E-state index contributed by atoms with van der Waals surface area (Å²) >= 11 is 0. The maximum atomic E-state index is 13.5. The molecule has 0 bridgehead atoms. The van der Waals surface area contributed by atoms with E-state index in [-0.39, 0.29) is 11.5 Å². The van der Waals surface area contributed by atoms with Crippen molar-refractivity contribution in [1.29, 1.82) is 0 Å². The van der Waals surface area contributed by atoms with Gasteiger partial charge in [0.2, 0.25) is 0 Å². The summed E-state index contributed by atoms with van der Waals surface area (Å²) in [5.74, 6) is -0.764. The van der Waals surface area contributed by atoms with Gasteiger partial charge in [-0.1, -0.05) is 0 Å². The van der Waals surface area contributed by atoms with Gasteiger partial charge < -0.3 is 10.6 Å². The number of benzene rings is 1. The Morgan fingerprint density at radius 2 is 2.19 bits per heavy atom. The number of hydrogen-bond acceptors (Lipinski definition) is 2. The number of aryl methyl sites for hydroxylation is 1. The van der Waals surface area contributed by atoms with Crippen LogP contribution in [0.1, 0.15) is 18.4 Å². The van der Waals surface area contributed by atoms with Gasteiger partial charge >= 0.3 is 0 Å². The van der Waals surface area contributed by atoms with Crippen LogP contribution in [0.2, 0.25) is 0 Å². The van der Waals surface area contributed by atoms with Crippen LogP contribution < -0.4 is 10.6 Å². The predicted octanol–water partition coefficient (Wildman–Crippen LogP) is 2.44. The Hall–Kier alpha value is -1.16. The Labute approximate surface area is 94.0 Å². The van der Waals surface area contributed by atoms with Crippen molar-refractivity contribution in [1.82, 2.24) is 5.32 Å². The van der Waals surface area contributed by atoms with Crippen LogP contribution in [0, 0.1) is 18.6 Å². The highest BCUT2D eigenvalue weighted by Gasteiger charge is 2.14. The maximum absolute atomic E-state index is 13.5. The lowest BCUT2D eigenvalue weighted by Crippen LogP contribution is -2.29. The van der Waals surface area contributed by atoms with Crippen molar-refractivity contribution in [3.63, 3.8) is 0 Å². The van der Waals surface area contributed by atoms with Crippen LogP contribution in [0.5, 0.6) is 0 Å². The Kier molecular flexibility index (Phi) is 3.39. The summed E-state index contributed by atoms with van der Waals surface area (Å²) in [6.07, 6.45) is 2.24. The average Bonchev–Trinajstić information content (AvgIpc) is 2.74. The lowest BCUT2D eigenvalue weighted by molar-refractivity contribution is 0.589. The third kappa shape index (κ3) is 2.50. The van der Waals surface area contributed by atoms with Crippen molar-refractivity contribution in [3.8, 4) is 0 Å². The van der Waals surface area contributed by atoms with E-state index in [2.05, 4.69) is 10.6 Å². The molecule has 2 rings (SSSR count). The van der Waals surface area contributed by atoms with Crippen molar-refractivity contribution >= 4 is 5.69 Å². The SMILES string of the molecule is Cc1cc(F)c(NCC2CCCN2)cc1F. The lowest BCUT2D eigenvalue weighted by atomic mass is 10.2. The van der Waals surface area contributed by atoms with Gasteiger partial charge in [0, 0.05) is 18.7 Å². The topological polar surface area (TPSA) is 24.1 Å². The Morgan fingerprint density at radius 1 is 1.38 bits per heavy atom. The van der Waals surface area contributed by atoms with Gasteiger partial charge in [-0.3, -0.25) is 0 Å². The number of anilines is 1. The van der Waals surface area contributed by atoms with Gasteiger partial charge in [-0.2, -0.15) is 0 Å². The van der Waals surface area contributed by atoms with Gasteiger partial charge in [-0.25, -0.2) is 8.78 Å². The average molecular weight is 226 g/mol. The molecule has 1 saturated heterocycles. The molecule has 4 heteroatoms. The number of nitrogens with one attached hydrogen (secondary N) is 2. The molecule has 0 aromatic heterocycles. The summed E-state index contributed by atoms with van der Waals surface area (Å²) in [5, 5.41) is 6.24. The number of halogens is 2. The fourth-order valence-corrected chi connectivity index (χ4v) is 1.95. The summed E-state index contributed by atoms with van der Waals surface area (Å²) < 4.78 is 26.7. The molecule has 1 unspecified atom stereocenters. The van der Waals surface area contributed by atoms with E-state index in [4.69, 9.17) is 0 Å². The third-order valence-corrected chi connectivity index (χ3v) is 2.95. The molecule has 2 N–H and O–H groups in total. The molecule has 88 valence electrons. The zero-order chi connectivity index (χ0) is 11.5. The molecule has 2 nitrogen and oxygen atoms in total. The van der Waals surface area contributed by atoms with Crippen molar-refractivity contribution in [3.05, 3.63) is 29.3 Å². The molecule has 1 fully saturated rings. The number of rotatable bonds is 3. The van der Waals surface area contributed by atoms with Crippen molar-refractivity contribution in [2.24, 2.45) is 0 Å². The van der Waals surface area contributed by atoms with Crippen LogP contribution in [0.15, 0.2) is 12.1 Å². The van der Waals surface area contributed by atoms with Crippen molar-refractivity contribution in [2.45, 2.75) is 25.8 Å². The third-order valence-electron chi connectivity index (χ3n) is 2.95. The van der Waals surface area contributed by atoms with E-state index in [1.807, 2.05) is 0 Å². The zero-order valence-corrected chi connectivity index (χ0v) is 9.32. The van der Waals surface area contributed by atoms with Gasteiger partial charge in [-0.05, 0) is 37.9 Å². The fourth-order valence-electron chi connectivity index (χ4n) is 1.95. The highest BCUT2D eigenvalue weighted by molar-refractivity contribution is 5.47. The standard InChI is InChI=1S/C12H16F2N2/c1-8-5-11(14)12(6-10(8)13)16-7-9-3-2-4-15-9/h5-6,9,15-16H,2-4,7H2,1H3. The molecule has 1 atom stereocenters. The quantitative estimate of drug-likeness (QED) is 0.827. The van der Waals surface area contributed by atoms with Gasteiger partial charge in [0.15, 0.2) is 0 Å². The first kappa shape index (κ1) is 11.3. The van der Waals surface area contributed by atoms with Gasteiger partial charge in [0.05, 0.1) is 5.69 Å². The Balaban J connectivity index is 2.00. The summed E-state index contributed by atoms with van der Waals surface area (Å²) in [5.41, 5.74) is 0.582. The summed E-state index contributed by atoms with van der Waals surface area (Å²) in [6.45, 7) is 3.21. The predicted molar refractivity (Wildman–Crippen MR) is 60.6 cm³/mol. The van der Waals surface area contributed by atoms with E-state index in [9.17, 15) is 8.78 Å². The van der Waals surface area contributed by atoms with E-state index in [1.54, 1.807) is 6.92 Å². The van der Waals surface area contributed by atoms with Crippen LogP contribution in [0.25, 0.3) is 0 Å². The van der Waals surface area contributed by atoms with Crippen LogP contribution in [-0.2, 0) is 0 Å². The first-order valence-corrected chi connectivity index (χ1v) is 5.59. The smallest absolute Gasteiger partial charge is 0.146 e. The second-order valence-corrected chi connectivity index (χ2v) is 4.26. The molecule has 1 aliphatic heterocycles. The highest BCUT2D eigenvalue weighted by atomic mass is 19.1. The van der Waals surface area contributed by atoms with E-state index >= 15 is 0 Å². The Morgan fingerprint density at radius 3 is 2.88 bits per heavy atom. The van der Waals surface area contributed by atoms with E-state index in [0.29, 0.717) is 18.2 Å². The molecule has 0 saturated carbocycles. The molecule has 0 aliphatic carbocycles. The van der Waals surface area contributed by atoms with Crippen LogP contribution >= 0.6 is 0 Å². The molecule has 1 aromatic carbocycles. The molecule has 16 heavy (non-hydrogen) atoms. The van der Waals surface area contributed by atoms with Gasteiger partial charge in [0.25, 0.3) is 0 Å². The maximum Gasteiger partial charge on any atom is 0.146 e. The van der Waals surface area contributed by atoms with Crippen LogP contribution in [0.3, 0.4) is 0 Å². The first-order chi connectivity index (χ1) is 7.66. The minimum Gasteiger partial charge on any atom is -0.381 e. The minimum atomic E-state index is -0.392. The second kappa shape index (κ2) is 4.78. The van der Waals surface area contributed by atoms with Crippen molar-refractivity contribution < 1.29 is 8.78 Å². The largest absolute Gasteiger partial charge is 0.381 e. The zero-order valence-electron chi connectivity index (χ0n) is 9.32. The molecular weight excluding hydrogens is 210 g/mol. The lowest BCUT2D eigenvalue weighted by Gasteiger charge is -2.13.